The monoisotopic (exact) mass is 457 g/mol. The lowest BCUT2D eigenvalue weighted by atomic mass is 10.2. The average molecular weight is 457 g/mol. The van der Waals surface area contributed by atoms with E-state index < -0.39 is 17.6 Å². The molecule has 0 saturated carbocycles. The highest BCUT2D eigenvalue weighted by molar-refractivity contribution is 5.98. The summed E-state index contributed by atoms with van der Waals surface area (Å²) in [5.74, 6) is -1.31. The molecule has 5 rings (SSSR count). The van der Waals surface area contributed by atoms with Crippen LogP contribution in [0.1, 0.15) is 32.1 Å². The van der Waals surface area contributed by atoms with E-state index >= 15 is 0 Å². The molecule has 11 heteroatoms. The Morgan fingerprint density at radius 1 is 1.00 bits per heavy atom. The summed E-state index contributed by atoms with van der Waals surface area (Å²) in [5, 5.41) is 9.75. The molecule has 4 aromatic heterocycles. The van der Waals surface area contributed by atoms with Crippen molar-refractivity contribution in [2.75, 3.05) is 0 Å². The SMILES string of the molecule is Cn1c(=O)oc2ccc(CNC(=O)c3cc(C(=O)NCc4cccnc4)n4nccc4n3)cc21. The van der Waals surface area contributed by atoms with Crippen LogP contribution in [-0.2, 0) is 20.1 Å². The van der Waals surface area contributed by atoms with Crippen molar-refractivity contribution in [2.24, 2.45) is 7.05 Å². The van der Waals surface area contributed by atoms with Crippen molar-refractivity contribution in [2.45, 2.75) is 13.1 Å². The van der Waals surface area contributed by atoms with Crippen molar-refractivity contribution >= 4 is 28.6 Å². The fraction of sp³-hybridized carbons (Fsp3) is 0.130. The van der Waals surface area contributed by atoms with Crippen molar-refractivity contribution < 1.29 is 14.0 Å². The number of amides is 2. The molecular weight excluding hydrogens is 438 g/mol. The van der Waals surface area contributed by atoms with E-state index in [9.17, 15) is 14.4 Å². The molecule has 2 amide bonds. The van der Waals surface area contributed by atoms with Crippen molar-refractivity contribution in [3.8, 4) is 0 Å². The third-order valence-corrected chi connectivity index (χ3v) is 5.31. The molecule has 0 aliphatic carbocycles. The van der Waals surface area contributed by atoms with E-state index in [4.69, 9.17) is 4.42 Å². The van der Waals surface area contributed by atoms with Gasteiger partial charge in [0.2, 0.25) is 0 Å². The molecule has 4 heterocycles. The molecule has 0 aliphatic rings. The highest BCUT2D eigenvalue weighted by atomic mass is 16.4. The number of nitrogens with one attached hydrogen (secondary N) is 2. The van der Waals surface area contributed by atoms with Gasteiger partial charge >= 0.3 is 5.76 Å². The van der Waals surface area contributed by atoms with Crippen LogP contribution in [0, 0.1) is 0 Å². The van der Waals surface area contributed by atoms with E-state index in [0.29, 0.717) is 16.7 Å². The van der Waals surface area contributed by atoms with Gasteiger partial charge in [-0.05, 0) is 29.3 Å². The highest BCUT2D eigenvalue weighted by Crippen LogP contribution is 2.14. The molecule has 34 heavy (non-hydrogen) atoms. The molecule has 0 atom stereocenters. The average Bonchev–Trinajstić information content (AvgIpc) is 3.45. The molecule has 170 valence electrons. The van der Waals surface area contributed by atoms with Gasteiger partial charge in [-0.2, -0.15) is 5.10 Å². The van der Waals surface area contributed by atoms with Crippen molar-refractivity contribution in [3.63, 3.8) is 0 Å². The summed E-state index contributed by atoms with van der Waals surface area (Å²) >= 11 is 0. The Hall–Kier alpha value is -4.80. The maximum atomic E-state index is 12.9. The van der Waals surface area contributed by atoms with Crippen LogP contribution in [-0.4, -0.2) is 36.0 Å². The third kappa shape index (κ3) is 4.01. The highest BCUT2D eigenvalue weighted by Gasteiger charge is 2.18. The summed E-state index contributed by atoms with van der Waals surface area (Å²) in [6.45, 7) is 0.473. The Morgan fingerprint density at radius 3 is 2.65 bits per heavy atom. The molecule has 11 nitrogen and oxygen atoms in total. The zero-order valence-electron chi connectivity index (χ0n) is 18.1. The van der Waals surface area contributed by atoms with Gasteiger partial charge in [0, 0.05) is 44.7 Å². The number of carbonyl (C=O) groups is 2. The molecule has 2 N–H and O–H groups in total. The number of oxazole rings is 1. The minimum atomic E-state index is -0.455. The number of pyridine rings is 1. The van der Waals surface area contributed by atoms with Crippen molar-refractivity contribution in [3.05, 3.63) is 94.1 Å². The largest absolute Gasteiger partial charge is 0.419 e. The number of hydrogen-bond acceptors (Lipinski definition) is 7. The van der Waals surface area contributed by atoms with E-state index in [1.54, 1.807) is 49.8 Å². The predicted octanol–water partition coefficient (Wildman–Crippen LogP) is 1.43. The Morgan fingerprint density at radius 2 is 1.82 bits per heavy atom. The maximum absolute atomic E-state index is 12.9. The van der Waals surface area contributed by atoms with Crippen LogP contribution in [0.15, 0.2) is 70.3 Å². The second-order valence-electron chi connectivity index (χ2n) is 7.58. The Bertz CT molecular complexity index is 1580. The minimum absolute atomic E-state index is 0.0799. The van der Waals surface area contributed by atoms with E-state index in [1.165, 1.54) is 21.3 Å². The lowest BCUT2D eigenvalue weighted by molar-refractivity contribution is 0.0942. The van der Waals surface area contributed by atoms with Crippen LogP contribution in [0.5, 0.6) is 0 Å². The molecule has 0 bridgehead atoms. The zero-order chi connectivity index (χ0) is 23.7. The van der Waals surface area contributed by atoms with E-state index in [2.05, 4.69) is 25.7 Å². The first kappa shape index (κ1) is 21.1. The van der Waals surface area contributed by atoms with Crippen molar-refractivity contribution in [1.29, 1.82) is 0 Å². The normalized spacial score (nSPS) is 11.1. The Kier molecular flexibility index (Phi) is 5.34. The second kappa shape index (κ2) is 8.62. The Labute approximate surface area is 192 Å². The van der Waals surface area contributed by atoms with Crippen LogP contribution < -0.4 is 16.4 Å². The van der Waals surface area contributed by atoms with Crippen LogP contribution in [0.3, 0.4) is 0 Å². The molecule has 0 spiro atoms. The molecule has 0 unspecified atom stereocenters. The predicted molar refractivity (Wildman–Crippen MR) is 121 cm³/mol. The fourth-order valence-corrected chi connectivity index (χ4v) is 3.52. The van der Waals surface area contributed by atoms with E-state index in [-0.39, 0.29) is 24.5 Å². The number of nitrogens with zero attached hydrogens (tertiary/aromatic N) is 5. The summed E-state index contributed by atoms with van der Waals surface area (Å²) in [4.78, 5) is 45.7. The second-order valence-corrected chi connectivity index (χ2v) is 7.58. The number of fused-ring (bicyclic) bond motifs is 2. The van der Waals surface area contributed by atoms with Gasteiger partial charge in [-0.3, -0.25) is 19.1 Å². The number of carbonyl (C=O) groups excluding carboxylic acids is 2. The van der Waals surface area contributed by atoms with E-state index in [1.807, 2.05) is 6.07 Å². The van der Waals surface area contributed by atoms with Crippen molar-refractivity contribution in [1.82, 2.24) is 34.8 Å². The van der Waals surface area contributed by atoms with Gasteiger partial charge in [-0.15, -0.1) is 0 Å². The van der Waals surface area contributed by atoms with Gasteiger partial charge in [0.15, 0.2) is 11.2 Å². The zero-order valence-corrected chi connectivity index (χ0v) is 18.1. The van der Waals surface area contributed by atoms with Crippen LogP contribution in [0.2, 0.25) is 0 Å². The summed E-state index contributed by atoms with van der Waals surface area (Å²) < 4.78 is 7.90. The molecule has 0 aliphatic heterocycles. The third-order valence-electron chi connectivity index (χ3n) is 5.31. The lowest BCUT2D eigenvalue weighted by Gasteiger charge is -2.10. The maximum Gasteiger partial charge on any atom is 0.419 e. The van der Waals surface area contributed by atoms with Gasteiger partial charge in [-0.1, -0.05) is 12.1 Å². The number of rotatable bonds is 6. The minimum Gasteiger partial charge on any atom is -0.408 e. The molecular formula is C23H19N7O4. The summed E-state index contributed by atoms with van der Waals surface area (Å²) in [6.07, 6.45) is 4.82. The fourth-order valence-electron chi connectivity index (χ4n) is 3.52. The topological polar surface area (TPSA) is 136 Å². The lowest BCUT2D eigenvalue weighted by Crippen LogP contribution is -2.28. The summed E-state index contributed by atoms with van der Waals surface area (Å²) in [7, 11) is 1.61. The number of aryl methyl sites for hydroxylation is 1. The van der Waals surface area contributed by atoms with Crippen LogP contribution >= 0.6 is 0 Å². The van der Waals surface area contributed by atoms with Crippen LogP contribution in [0.25, 0.3) is 16.7 Å². The summed E-state index contributed by atoms with van der Waals surface area (Å²) in [6, 6.07) is 11.9. The van der Waals surface area contributed by atoms with E-state index in [0.717, 1.165) is 11.1 Å². The smallest absolute Gasteiger partial charge is 0.408 e. The molecule has 0 saturated heterocycles. The van der Waals surface area contributed by atoms with Gasteiger partial charge in [-0.25, -0.2) is 14.3 Å². The first-order chi connectivity index (χ1) is 16.5. The quantitative estimate of drug-likeness (QED) is 0.394. The van der Waals surface area contributed by atoms with Gasteiger partial charge in [0.05, 0.1) is 11.7 Å². The van der Waals surface area contributed by atoms with Gasteiger partial charge < -0.3 is 15.1 Å². The number of aromatic nitrogens is 5. The first-order valence-electron chi connectivity index (χ1n) is 10.4. The molecule has 0 radical (unpaired) electrons. The van der Waals surface area contributed by atoms with Gasteiger partial charge in [0.1, 0.15) is 11.4 Å². The number of benzene rings is 1. The molecule has 5 aromatic rings. The number of hydrogen-bond donors (Lipinski definition) is 2. The van der Waals surface area contributed by atoms with Crippen LogP contribution in [0.4, 0.5) is 0 Å². The summed E-state index contributed by atoms with van der Waals surface area (Å²) in [5.41, 5.74) is 3.34. The Balaban J connectivity index is 1.35. The standard InChI is InChI=1S/C23H19N7O4/c1-29-17-9-14(4-5-19(17)34-23(29)33)12-25-21(31)16-10-18(30-20(28-16)6-8-27-30)22(32)26-13-15-3-2-7-24-11-15/h2-11H,12-13H2,1H3,(H,25,31)(H,26,32). The van der Waals surface area contributed by atoms with Gasteiger partial charge in [0.25, 0.3) is 11.8 Å². The molecule has 0 fully saturated rings. The first-order valence-corrected chi connectivity index (χ1v) is 10.4. The molecule has 1 aromatic carbocycles.